The molecular weight excluding hydrogens is 281 g/mol. The van der Waals surface area contributed by atoms with E-state index in [9.17, 15) is 4.39 Å². The zero-order valence-electron chi connectivity index (χ0n) is 10.2. The minimum atomic E-state index is -0.739. The van der Waals surface area contributed by atoms with Gasteiger partial charge in [0.25, 0.3) is 0 Å². The van der Waals surface area contributed by atoms with E-state index < -0.39 is 17.6 Å². The van der Waals surface area contributed by atoms with Gasteiger partial charge in [0.1, 0.15) is 6.04 Å². The van der Waals surface area contributed by atoms with Gasteiger partial charge in [0.05, 0.1) is 0 Å². The summed E-state index contributed by atoms with van der Waals surface area (Å²) < 4.78 is 18.4. The van der Waals surface area contributed by atoms with Gasteiger partial charge in [0.15, 0.2) is 11.6 Å². The molecule has 0 aliphatic heterocycles. The molecule has 0 bridgehead atoms. The van der Waals surface area contributed by atoms with E-state index in [0.29, 0.717) is 5.56 Å². The first-order chi connectivity index (χ1) is 9.65. The number of aromatic nitrogens is 2. The maximum Gasteiger partial charge on any atom is 0.249 e. The predicted octanol–water partition coefficient (Wildman–Crippen LogP) is 2.69. The monoisotopic (exact) mass is 291 g/mol. The molecule has 1 aromatic carbocycles. The van der Waals surface area contributed by atoms with Crippen LogP contribution in [0.25, 0.3) is 11.4 Å². The average molecular weight is 291 g/mol. The molecular formula is C13H10FN3O2S. The molecule has 5 nitrogen and oxygen atoms in total. The summed E-state index contributed by atoms with van der Waals surface area (Å²) in [7, 11) is 0. The van der Waals surface area contributed by atoms with Crippen molar-refractivity contribution in [2.24, 2.45) is 5.73 Å². The van der Waals surface area contributed by atoms with Crippen LogP contribution in [-0.2, 0) is 0 Å². The lowest BCUT2D eigenvalue weighted by Crippen LogP contribution is -2.10. The molecule has 2 aromatic heterocycles. The molecule has 1 unspecified atom stereocenters. The number of nitrogens with zero attached hydrogens (tertiary/aromatic N) is 2. The topological polar surface area (TPSA) is 85.2 Å². The van der Waals surface area contributed by atoms with Crippen LogP contribution >= 0.6 is 11.3 Å². The molecule has 0 fully saturated rings. The highest BCUT2D eigenvalue weighted by molar-refractivity contribution is 7.10. The largest absolute Gasteiger partial charge is 0.505 e. The lowest BCUT2D eigenvalue weighted by Gasteiger charge is -2.01. The fraction of sp³-hybridized carbons (Fsp3) is 0.0769. The third-order valence-corrected chi connectivity index (χ3v) is 3.72. The molecule has 0 spiro atoms. The third-order valence-electron chi connectivity index (χ3n) is 2.76. The highest BCUT2D eigenvalue weighted by Crippen LogP contribution is 2.26. The Morgan fingerprint density at radius 2 is 2.20 bits per heavy atom. The number of halogens is 1. The van der Waals surface area contributed by atoms with Crippen LogP contribution < -0.4 is 5.73 Å². The van der Waals surface area contributed by atoms with Gasteiger partial charge in [-0.2, -0.15) is 4.98 Å². The van der Waals surface area contributed by atoms with Crippen molar-refractivity contribution in [3.63, 3.8) is 0 Å². The Labute approximate surface area is 117 Å². The number of phenols is 1. The Hall–Kier alpha value is -2.25. The number of hydrogen-bond acceptors (Lipinski definition) is 6. The van der Waals surface area contributed by atoms with Crippen molar-refractivity contribution in [3.8, 4) is 17.1 Å². The van der Waals surface area contributed by atoms with Crippen LogP contribution in [0.3, 0.4) is 0 Å². The fourth-order valence-electron chi connectivity index (χ4n) is 1.71. The molecule has 7 heteroatoms. The summed E-state index contributed by atoms with van der Waals surface area (Å²) in [6.07, 6.45) is 0. The van der Waals surface area contributed by atoms with E-state index in [2.05, 4.69) is 10.1 Å². The summed E-state index contributed by atoms with van der Waals surface area (Å²) in [5, 5.41) is 14.8. The Morgan fingerprint density at radius 3 is 2.90 bits per heavy atom. The first kappa shape index (κ1) is 12.8. The van der Waals surface area contributed by atoms with Crippen molar-refractivity contribution in [2.45, 2.75) is 6.04 Å². The standard InChI is InChI=1S/C13H10FN3O2S/c14-8-6-7(3-4-9(8)18)12-16-13(19-17-12)11(15)10-2-1-5-20-10/h1-6,11,18H,15H2. The summed E-state index contributed by atoms with van der Waals surface area (Å²) in [5.41, 5.74) is 6.42. The number of phenolic OH excluding ortho intramolecular Hbond substituents is 1. The van der Waals surface area contributed by atoms with E-state index in [0.717, 1.165) is 10.9 Å². The van der Waals surface area contributed by atoms with Gasteiger partial charge in [-0.1, -0.05) is 11.2 Å². The van der Waals surface area contributed by atoms with Crippen LogP contribution in [0, 0.1) is 5.82 Å². The van der Waals surface area contributed by atoms with Crippen molar-refractivity contribution in [2.75, 3.05) is 0 Å². The molecule has 3 rings (SSSR count). The van der Waals surface area contributed by atoms with E-state index in [4.69, 9.17) is 15.4 Å². The second kappa shape index (κ2) is 5.03. The van der Waals surface area contributed by atoms with Gasteiger partial charge >= 0.3 is 0 Å². The normalized spacial score (nSPS) is 12.5. The molecule has 3 aromatic rings. The average Bonchev–Trinajstić information content (AvgIpc) is 3.11. The van der Waals surface area contributed by atoms with Crippen LogP contribution in [0.2, 0.25) is 0 Å². The molecule has 102 valence electrons. The number of nitrogens with two attached hydrogens (primary N) is 1. The molecule has 1 atom stereocenters. The molecule has 0 radical (unpaired) electrons. The van der Waals surface area contributed by atoms with Crippen LogP contribution in [0.5, 0.6) is 5.75 Å². The first-order valence-corrected chi connectivity index (χ1v) is 6.64. The van der Waals surface area contributed by atoms with Crippen molar-refractivity contribution in [3.05, 3.63) is 52.3 Å². The smallest absolute Gasteiger partial charge is 0.249 e. The number of rotatable bonds is 3. The van der Waals surface area contributed by atoms with E-state index in [1.165, 1.54) is 23.5 Å². The van der Waals surface area contributed by atoms with Crippen LogP contribution in [0.1, 0.15) is 16.8 Å². The second-order valence-electron chi connectivity index (χ2n) is 4.12. The third kappa shape index (κ3) is 2.28. The zero-order valence-corrected chi connectivity index (χ0v) is 11.0. The lowest BCUT2D eigenvalue weighted by atomic mass is 10.2. The van der Waals surface area contributed by atoms with Gasteiger partial charge in [-0.05, 0) is 29.6 Å². The molecule has 20 heavy (non-hydrogen) atoms. The SMILES string of the molecule is NC(c1nc(-c2ccc(O)c(F)c2)no1)c1cccs1. The minimum absolute atomic E-state index is 0.228. The molecule has 3 N–H and O–H groups in total. The Morgan fingerprint density at radius 1 is 1.35 bits per heavy atom. The summed E-state index contributed by atoms with van der Waals surface area (Å²) in [4.78, 5) is 5.06. The van der Waals surface area contributed by atoms with E-state index in [1.54, 1.807) is 0 Å². The van der Waals surface area contributed by atoms with E-state index in [-0.39, 0.29) is 11.7 Å². The molecule has 0 amide bonds. The zero-order chi connectivity index (χ0) is 14.1. The Bertz CT molecular complexity index is 727. The van der Waals surface area contributed by atoms with E-state index >= 15 is 0 Å². The second-order valence-corrected chi connectivity index (χ2v) is 5.09. The quantitative estimate of drug-likeness (QED) is 0.775. The van der Waals surface area contributed by atoms with Gasteiger partial charge < -0.3 is 15.4 Å². The predicted molar refractivity (Wildman–Crippen MR) is 71.7 cm³/mol. The molecule has 0 saturated heterocycles. The van der Waals surface area contributed by atoms with Crippen molar-refractivity contribution >= 4 is 11.3 Å². The summed E-state index contributed by atoms with van der Waals surface area (Å²) in [6, 6.07) is 7.13. The maximum absolute atomic E-state index is 13.3. The summed E-state index contributed by atoms with van der Waals surface area (Å²) in [5.74, 6) is -0.675. The van der Waals surface area contributed by atoms with Crippen LogP contribution in [-0.4, -0.2) is 15.2 Å². The Balaban J connectivity index is 1.92. The molecule has 0 saturated carbocycles. The highest BCUT2D eigenvalue weighted by Gasteiger charge is 2.18. The fourth-order valence-corrected chi connectivity index (χ4v) is 2.43. The lowest BCUT2D eigenvalue weighted by molar-refractivity contribution is 0.368. The van der Waals surface area contributed by atoms with Crippen molar-refractivity contribution < 1.29 is 14.0 Å². The Kier molecular flexibility index (Phi) is 3.21. The van der Waals surface area contributed by atoms with Gasteiger partial charge in [-0.15, -0.1) is 11.3 Å². The van der Waals surface area contributed by atoms with Gasteiger partial charge in [0, 0.05) is 10.4 Å². The van der Waals surface area contributed by atoms with Crippen LogP contribution in [0.15, 0.2) is 40.2 Å². The van der Waals surface area contributed by atoms with Crippen molar-refractivity contribution in [1.82, 2.24) is 10.1 Å². The van der Waals surface area contributed by atoms with Gasteiger partial charge in [-0.3, -0.25) is 0 Å². The maximum atomic E-state index is 13.3. The summed E-state index contributed by atoms with van der Waals surface area (Å²) in [6.45, 7) is 0. The number of thiophene rings is 1. The molecule has 0 aliphatic carbocycles. The number of aromatic hydroxyl groups is 1. The molecule has 2 heterocycles. The highest BCUT2D eigenvalue weighted by atomic mass is 32.1. The van der Waals surface area contributed by atoms with Crippen molar-refractivity contribution in [1.29, 1.82) is 0 Å². The van der Waals surface area contributed by atoms with Gasteiger partial charge in [-0.25, -0.2) is 4.39 Å². The first-order valence-electron chi connectivity index (χ1n) is 5.76. The number of benzene rings is 1. The molecule has 0 aliphatic rings. The van der Waals surface area contributed by atoms with E-state index in [1.807, 2.05) is 17.5 Å². The number of hydrogen-bond donors (Lipinski definition) is 2. The van der Waals surface area contributed by atoms with Gasteiger partial charge in [0.2, 0.25) is 11.7 Å². The summed E-state index contributed by atoms with van der Waals surface area (Å²) >= 11 is 1.49. The van der Waals surface area contributed by atoms with Crippen LogP contribution in [0.4, 0.5) is 4.39 Å². The minimum Gasteiger partial charge on any atom is -0.505 e.